The van der Waals surface area contributed by atoms with E-state index in [1.165, 1.54) is 0 Å². The molecule has 0 bridgehead atoms. The van der Waals surface area contributed by atoms with Gasteiger partial charge >= 0.3 is 0 Å². The van der Waals surface area contributed by atoms with Gasteiger partial charge in [0.05, 0.1) is 12.2 Å². The van der Waals surface area contributed by atoms with Crippen LogP contribution in [0.25, 0.3) is 5.69 Å². The molecule has 3 aromatic rings. The van der Waals surface area contributed by atoms with Crippen LogP contribution in [0.15, 0.2) is 30.3 Å². The van der Waals surface area contributed by atoms with Crippen LogP contribution in [0.4, 0.5) is 5.95 Å². The molecule has 2 aromatic heterocycles. The van der Waals surface area contributed by atoms with Crippen LogP contribution in [0, 0.1) is 0 Å². The van der Waals surface area contributed by atoms with E-state index in [9.17, 15) is 0 Å². The van der Waals surface area contributed by atoms with Gasteiger partial charge in [-0.1, -0.05) is 23.3 Å². The van der Waals surface area contributed by atoms with Crippen LogP contribution >= 0.6 is 0 Å². The quantitative estimate of drug-likeness (QED) is 0.671. The molecule has 9 nitrogen and oxygen atoms in total. The average molecular weight is 367 g/mol. The summed E-state index contributed by atoms with van der Waals surface area (Å²) in [6.07, 6.45) is 2.17. The Hall–Kier alpha value is -2.81. The van der Waals surface area contributed by atoms with Crippen LogP contribution in [0.1, 0.15) is 30.4 Å². The first-order valence-electron chi connectivity index (χ1n) is 9.25. The number of hydrogen-bond donors (Lipinski definition) is 0. The zero-order valence-corrected chi connectivity index (χ0v) is 16.0. The summed E-state index contributed by atoms with van der Waals surface area (Å²) in [5.74, 6) is 3.12. The maximum absolute atomic E-state index is 4.49. The third kappa shape index (κ3) is 3.55. The molecule has 1 aromatic carbocycles. The molecule has 0 amide bonds. The normalized spacial score (nSPS) is 17.6. The molecule has 1 aliphatic heterocycles. The van der Waals surface area contributed by atoms with Crippen molar-refractivity contribution in [3.05, 3.63) is 42.0 Å². The maximum Gasteiger partial charge on any atom is 0.250 e. The number of aromatic nitrogens is 7. The van der Waals surface area contributed by atoms with Crippen LogP contribution in [-0.2, 0) is 13.6 Å². The Morgan fingerprint density at radius 2 is 1.93 bits per heavy atom. The van der Waals surface area contributed by atoms with Gasteiger partial charge in [0.25, 0.3) is 0 Å². The number of anilines is 1. The fraction of sp³-hybridized carbons (Fsp3) is 0.500. The summed E-state index contributed by atoms with van der Waals surface area (Å²) in [6, 6.07) is 10.00. The summed E-state index contributed by atoms with van der Waals surface area (Å²) in [5, 5.41) is 21.3. The molecular weight excluding hydrogens is 342 g/mol. The van der Waals surface area contributed by atoms with E-state index in [0.29, 0.717) is 5.92 Å². The number of para-hydroxylation sites is 1. The Morgan fingerprint density at radius 3 is 2.70 bits per heavy atom. The summed E-state index contributed by atoms with van der Waals surface area (Å²) in [7, 11) is 6.14. The Balaban J connectivity index is 1.57. The highest BCUT2D eigenvalue weighted by Crippen LogP contribution is 2.29. The largest absolute Gasteiger partial charge is 0.339 e. The second-order valence-electron chi connectivity index (χ2n) is 7.28. The molecule has 1 unspecified atom stereocenters. The fourth-order valence-electron chi connectivity index (χ4n) is 3.64. The van der Waals surface area contributed by atoms with E-state index in [4.69, 9.17) is 0 Å². The van der Waals surface area contributed by atoms with Gasteiger partial charge in [-0.15, -0.1) is 10.2 Å². The number of piperidine rings is 1. The summed E-state index contributed by atoms with van der Waals surface area (Å²) in [5.41, 5.74) is 0.964. The molecule has 0 aliphatic carbocycles. The minimum Gasteiger partial charge on any atom is -0.339 e. The molecule has 0 spiro atoms. The van der Waals surface area contributed by atoms with Gasteiger partial charge in [-0.3, -0.25) is 0 Å². The van der Waals surface area contributed by atoms with Gasteiger partial charge < -0.3 is 14.4 Å². The molecule has 0 saturated carbocycles. The van der Waals surface area contributed by atoms with Crippen LogP contribution in [0.3, 0.4) is 0 Å². The lowest BCUT2D eigenvalue weighted by Crippen LogP contribution is -2.37. The second-order valence-corrected chi connectivity index (χ2v) is 7.28. The Bertz CT molecular complexity index is 883. The molecule has 3 heterocycles. The summed E-state index contributed by atoms with van der Waals surface area (Å²) < 4.78 is 3.94. The molecule has 1 aliphatic rings. The summed E-state index contributed by atoms with van der Waals surface area (Å²) in [6.45, 7) is 2.56. The van der Waals surface area contributed by atoms with Crippen molar-refractivity contribution in [1.82, 2.24) is 39.9 Å². The van der Waals surface area contributed by atoms with Gasteiger partial charge in [0.15, 0.2) is 0 Å². The Kier molecular flexibility index (Phi) is 4.85. The van der Waals surface area contributed by atoms with Gasteiger partial charge in [-0.2, -0.15) is 4.68 Å². The van der Waals surface area contributed by atoms with Crippen LogP contribution in [0.2, 0.25) is 0 Å². The van der Waals surface area contributed by atoms with Gasteiger partial charge in [-0.05, 0) is 49.5 Å². The minimum atomic E-state index is 0.313. The molecule has 9 heteroatoms. The molecule has 0 N–H and O–H groups in total. The number of tetrazole rings is 1. The molecule has 142 valence electrons. The van der Waals surface area contributed by atoms with Gasteiger partial charge in [0.1, 0.15) is 11.6 Å². The van der Waals surface area contributed by atoms with Crippen molar-refractivity contribution in [3.8, 4) is 5.69 Å². The number of benzene rings is 1. The minimum absolute atomic E-state index is 0.313. The molecule has 27 heavy (non-hydrogen) atoms. The zero-order valence-electron chi connectivity index (χ0n) is 16.0. The van der Waals surface area contributed by atoms with E-state index in [1.54, 1.807) is 4.68 Å². The number of hydrogen-bond acceptors (Lipinski definition) is 7. The van der Waals surface area contributed by atoms with Crippen molar-refractivity contribution in [3.63, 3.8) is 0 Å². The van der Waals surface area contributed by atoms with Crippen molar-refractivity contribution < 1.29 is 0 Å². The zero-order chi connectivity index (χ0) is 18.8. The lowest BCUT2D eigenvalue weighted by atomic mass is 9.97. The van der Waals surface area contributed by atoms with Gasteiger partial charge in [-0.25, -0.2) is 0 Å². The van der Waals surface area contributed by atoms with Gasteiger partial charge in [0, 0.05) is 26.1 Å². The highest BCUT2D eigenvalue weighted by Gasteiger charge is 2.28. The highest BCUT2D eigenvalue weighted by molar-refractivity contribution is 5.41. The van der Waals surface area contributed by atoms with Gasteiger partial charge in [0.2, 0.25) is 5.95 Å². The summed E-state index contributed by atoms with van der Waals surface area (Å²) in [4.78, 5) is 4.36. The van der Waals surface area contributed by atoms with Crippen LogP contribution in [-0.4, -0.2) is 67.1 Å². The van der Waals surface area contributed by atoms with Crippen LogP contribution in [0.5, 0.6) is 0 Å². The second kappa shape index (κ2) is 7.43. The standard InChI is InChI=1S/C18H25N9/c1-24(2)13-16-19-20-17(25(16)3)14-8-7-11-26(12-14)18-21-22-23-27(18)15-9-5-4-6-10-15/h4-6,9-10,14H,7-8,11-13H2,1-3H3. The molecular formula is C18H25N9. The first kappa shape index (κ1) is 17.6. The third-order valence-corrected chi connectivity index (χ3v) is 4.98. The van der Waals surface area contributed by atoms with E-state index < -0.39 is 0 Å². The van der Waals surface area contributed by atoms with E-state index in [2.05, 4.69) is 47.1 Å². The highest BCUT2D eigenvalue weighted by atomic mass is 15.6. The predicted molar refractivity (Wildman–Crippen MR) is 102 cm³/mol. The molecule has 1 fully saturated rings. The van der Waals surface area contributed by atoms with Crippen molar-refractivity contribution in [2.45, 2.75) is 25.3 Å². The third-order valence-electron chi connectivity index (χ3n) is 4.98. The van der Waals surface area contributed by atoms with Crippen molar-refractivity contribution in [2.24, 2.45) is 7.05 Å². The monoisotopic (exact) mass is 367 g/mol. The van der Waals surface area contributed by atoms with Crippen molar-refractivity contribution in [1.29, 1.82) is 0 Å². The average Bonchev–Trinajstić information content (AvgIpc) is 3.30. The number of nitrogens with zero attached hydrogens (tertiary/aromatic N) is 9. The lowest BCUT2D eigenvalue weighted by Gasteiger charge is -2.32. The van der Waals surface area contributed by atoms with Crippen molar-refractivity contribution in [2.75, 3.05) is 32.1 Å². The van der Waals surface area contributed by atoms with Crippen molar-refractivity contribution >= 4 is 5.95 Å². The number of rotatable bonds is 5. The first-order valence-corrected chi connectivity index (χ1v) is 9.25. The van der Waals surface area contributed by atoms with E-state index in [-0.39, 0.29) is 0 Å². The topological polar surface area (TPSA) is 80.8 Å². The Morgan fingerprint density at radius 1 is 1.11 bits per heavy atom. The molecule has 1 saturated heterocycles. The summed E-state index contributed by atoms with van der Waals surface area (Å²) >= 11 is 0. The van der Waals surface area contributed by atoms with E-state index >= 15 is 0 Å². The lowest BCUT2D eigenvalue weighted by molar-refractivity contribution is 0.382. The smallest absolute Gasteiger partial charge is 0.250 e. The SMILES string of the molecule is CN(C)Cc1nnc(C2CCCN(c3nnnn3-c3ccccc3)C2)n1C. The van der Waals surface area contributed by atoms with Crippen LogP contribution < -0.4 is 4.90 Å². The fourth-order valence-corrected chi connectivity index (χ4v) is 3.64. The maximum atomic E-state index is 4.49. The van der Waals surface area contributed by atoms with E-state index in [0.717, 1.165) is 55.8 Å². The predicted octanol–water partition coefficient (Wildman–Crippen LogP) is 1.24. The molecule has 0 radical (unpaired) electrons. The molecule has 1 atom stereocenters. The Labute approximate surface area is 158 Å². The first-order chi connectivity index (χ1) is 13.1. The molecule has 4 rings (SSSR count). The van der Waals surface area contributed by atoms with E-state index in [1.807, 2.05) is 44.4 Å².